The third-order valence-electron chi connectivity index (χ3n) is 5.01. The second-order valence-corrected chi connectivity index (χ2v) is 5.87. The third-order valence-corrected chi connectivity index (χ3v) is 5.01. The minimum atomic E-state index is 0.161. The van der Waals surface area contributed by atoms with Crippen LogP contribution in [0, 0.1) is 0 Å². The van der Waals surface area contributed by atoms with Gasteiger partial charge in [-0.25, -0.2) is 0 Å². The van der Waals surface area contributed by atoms with E-state index in [2.05, 4.69) is 24.3 Å². The number of nitrogens with two attached hydrogens (primary N) is 1. The third kappa shape index (κ3) is 1.75. The van der Waals surface area contributed by atoms with E-state index >= 15 is 0 Å². The van der Waals surface area contributed by atoms with Gasteiger partial charge in [-0.2, -0.15) is 0 Å². The minimum absolute atomic E-state index is 0.161. The maximum absolute atomic E-state index is 6.36. The first kappa shape index (κ1) is 11.1. The average molecular weight is 231 g/mol. The van der Waals surface area contributed by atoms with Crippen molar-refractivity contribution in [3.63, 3.8) is 0 Å². The van der Waals surface area contributed by atoms with E-state index in [1.54, 1.807) is 7.11 Å². The zero-order valence-corrected chi connectivity index (χ0v) is 10.5. The Kier molecular flexibility index (Phi) is 2.44. The zero-order chi connectivity index (χ0) is 11.9. The number of methoxy groups -OCH3 is 1. The fourth-order valence-electron chi connectivity index (χ4n) is 3.59. The molecule has 2 nitrogen and oxygen atoms in total. The van der Waals surface area contributed by atoms with Crippen molar-refractivity contribution in [3.05, 3.63) is 29.8 Å². The van der Waals surface area contributed by atoms with Gasteiger partial charge in [-0.05, 0) is 61.6 Å². The molecule has 0 radical (unpaired) electrons. The van der Waals surface area contributed by atoms with Gasteiger partial charge in [0.15, 0.2) is 0 Å². The molecule has 2 bridgehead atoms. The summed E-state index contributed by atoms with van der Waals surface area (Å²) in [7, 11) is 1.72. The fourth-order valence-corrected chi connectivity index (χ4v) is 3.59. The lowest BCUT2D eigenvalue weighted by Crippen LogP contribution is -2.53. The topological polar surface area (TPSA) is 35.2 Å². The van der Waals surface area contributed by atoms with Crippen molar-refractivity contribution in [2.45, 2.75) is 49.5 Å². The molecule has 1 aromatic carbocycles. The first-order valence-electron chi connectivity index (χ1n) is 6.59. The van der Waals surface area contributed by atoms with E-state index in [-0.39, 0.29) is 5.54 Å². The lowest BCUT2D eigenvalue weighted by Gasteiger charge is -2.52. The van der Waals surface area contributed by atoms with E-state index in [9.17, 15) is 0 Å². The lowest BCUT2D eigenvalue weighted by atomic mass is 9.55. The van der Waals surface area contributed by atoms with Crippen LogP contribution in [0.3, 0.4) is 0 Å². The van der Waals surface area contributed by atoms with Crippen LogP contribution < -0.4 is 10.5 Å². The molecule has 3 aliphatic rings. The molecule has 3 fully saturated rings. The van der Waals surface area contributed by atoms with Gasteiger partial charge in [-0.3, -0.25) is 0 Å². The Morgan fingerprint density at radius 1 is 0.941 bits per heavy atom. The highest BCUT2D eigenvalue weighted by Gasteiger charge is 2.47. The van der Waals surface area contributed by atoms with Gasteiger partial charge >= 0.3 is 0 Å². The van der Waals surface area contributed by atoms with E-state index in [1.165, 1.54) is 44.1 Å². The quantitative estimate of drug-likeness (QED) is 0.849. The second-order valence-electron chi connectivity index (χ2n) is 5.87. The Labute approximate surface area is 103 Å². The summed E-state index contributed by atoms with van der Waals surface area (Å²) >= 11 is 0. The zero-order valence-electron chi connectivity index (χ0n) is 10.5. The molecule has 3 aliphatic carbocycles. The first-order chi connectivity index (χ1) is 8.16. The van der Waals surface area contributed by atoms with Crippen molar-refractivity contribution in [1.29, 1.82) is 0 Å². The molecule has 0 aliphatic heterocycles. The van der Waals surface area contributed by atoms with Gasteiger partial charge in [0.1, 0.15) is 5.75 Å². The molecule has 0 saturated heterocycles. The molecule has 0 amide bonds. The van der Waals surface area contributed by atoms with Crippen molar-refractivity contribution in [1.82, 2.24) is 0 Å². The molecular weight excluding hydrogens is 210 g/mol. The summed E-state index contributed by atoms with van der Waals surface area (Å²) in [5.41, 5.74) is 8.42. The van der Waals surface area contributed by atoms with Crippen molar-refractivity contribution in [2.75, 3.05) is 7.11 Å². The van der Waals surface area contributed by atoms with E-state index < -0.39 is 0 Å². The molecule has 4 rings (SSSR count). The van der Waals surface area contributed by atoms with E-state index in [1.807, 2.05) is 0 Å². The Morgan fingerprint density at radius 3 is 1.94 bits per heavy atom. The first-order valence-corrected chi connectivity index (χ1v) is 6.59. The highest BCUT2D eigenvalue weighted by atomic mass is 16.5. The Bertz CT molecular complexity index is 385. The van der Waals surface area contributed by atoms with Gasteiger partial charge in [0.25, 0.3) is 0 Å². The summed E-state index contributed by atoms with van der Waals surface area (Å²) in [6.45, 7) is 0. The maximum atomic E-state index is 6.36. The van der Waals surface area contributed by atoms with Crippen LogP contribution >= 0.6 is 0 Å². The number of fused-ring (bicyclic) bond motifs is 3. The molecule has 0 unspecified atom stereocenters. The summed E-state index contributed by atoms with van der Waals surface area (Å²) in [5, 5.41) is 0. The Hall–Kier alpha value is -1.02. The van der Waals surface area contributed by atoms with Crippen LogP contribution in [0.15, 0.2) is 24.3 Å². The van der Waals surface area contributed by atoms with Gasteiger partial charge in [0, 0.05) is 5.54 Å². The van der Waals surface area contributed by atoms with Gasteiger partial charge < -0.3 is 10.5 Å². The highest BCUT2D eigenvalue weighted by molar-refractivity contribution is 5.34. The van der Waals surface area contributed by atoms with Crippen LogP contribution in [0.25, 0.3) is 0 Å². The smallest absolute Gasteiger partial charge is 0.118 e. The van der Waals surface area contributed by atoms with Crippen molar-refractivity contribution < 1.29 is 4.74 Å². The molecule has 0 heterocycles. The molecular formula is C15H21NO. The van der Waals surface area contributed by atoms with Crippen molar-refractivity contribution in [3.8, 4) is 5.75 Å². The largest absolute Gasteiger partial charge is 0.497 e. The SMILES string of the molecule is COc1ccc(C23CCC(N)(CC2)CC3)cc1. The molecule has 0 atom stereocenters. The normalized spacial score (nSPS) is 35.9. The van der Waals surface area contributed by atoms with Crippen LogP contribution in [-0.4, -0.2) is 12.6 Å². The summed E-state index contributed by atoms with van der Waals surface area (Å²) < 4.78 is 5.23. The summed E-state index contributed by atoms with van der Waals surface area (Å²) in [6.07, 6.45) is 7.36. The highest BCUT2D eigenvalue weighted by Crippen LogP contribution is 2.52. The molecule has 92 valence electrons. The van der Waals surface area contributed by atoms with Crippen LogP contribution in [0.4, 0.5) is 0 Å². The van der Waals surface area contributed by atoms with E-state index in [4.69, 9.17) is 10.5 Å². The Balaban J connectivity index is 1.88. The summed E-state index contributed by atoms with van der Waals surface area (Å²) in [6, 6.07) is 8.66. The Morgan fingerprint density at radius 2 is 1.47 bits per heavy atom. The number of ether oxygens (including phenoxy) is 1. The van der Waals surface area contributed by atoms with Gasteiger partial charge in [0.2, 0.25) is 0 Å². The van der Waals surface area contributed by atoms with Gasteiger partial charge in [-0.1, -0.05) is 12.1 Å². The molecule has 17 heavy (non-hydrogen) atoms. The number of rotatable bonds is 2. The van der Waals surface area contributed by atoms with Crippen LogP contribution in [-0.2, 0) is 5.41 Å². The molecule has 0 spiro atoms. The monoisotopic (exact) mass is 231 g/mol. The molecule has 0 aromatic heterocycles. The number of benzene rings is 1. The van der Waals surface area contributed by atoms with E-state index in [0.717, 1.165) is 5.75 Å². The van der Waals surface area contributed by atoms with Crippen molar-refractivity contribution >= 4 is 0 Å². The molecule has 2 heteroatoms. The van der Waals surface area contributed by atoms with Gasteiger partial charge in [-0.15, -0.1) is 0 Å². The summed E-state index contributed by atoms with van der Waals surface area (Å²) in [5.74, 6) is 0.949. The predicted molar refractivity (Wildman–Crippen MR) is 69.3 cm³/mol. The fraction of sp³-hybridized carbons (Fsp3) is 0.600. The molecule has 3 saturated carbocycles. The number of hydrogen-bond acceptors (Lipinski definition) is 2. The average Bonchev–Trinajstić information content (AvgIpc) is 2.40. The summed E-state index contributed by atoms with van der Waals surface area (Å²) in [4.78, 5) is 0. The minimum Gasteiger partial charge on any atom is -0.497 e. The van der Waals surface area contributed by atoms with Gasteiger partial charge in [0.05, 0.1) is 7.11 Å². The lowest BCUT2D eigenvalue weighted by molar-refractivity contribution is 0.107. The second kappa shape index (κ2) is 3.74. The van der Waals surface area contributed by atoms with Crippen LogP contribution in [0.5, 0.6) is 5.75 Å². The van der Waals surface area contributed by atoms with Crippen LogP contribution in [0.1, 0.15) is 44.1 Å². The maximum Gasteiger partial charge on any atom is 0.118 e. The standard InChI is InChI=1S/C15H21NO/c1-17-13-4-2-12(3-5-13)14-6-9-15(16,10-7-14)11-8-14/h2-5H,6-11,16H2,1H3. The predicted octanol–water partition coefficient (Wildman–Crippen LogP) is 3.00. The molecule has 2 N–H and O–H groups in total. The van der Waals surface area contributed by atoms with E-state index in [0.29, 0.717) is 5.41 Å². The van der Waals surface area contributed by atoms with Crippen molar-refractivity contribution in [2.24, 2.45) is 5.73 Å². The number of hydrogen-bond donors (Lipinski definition) is 1. The van der Waals surface area contributed by atoms with Crippen LogP contribution in [0.2, 0.25) is 0 Å². The molecule has 1 aromatic rings.